The molecule has 4 nitrogen and oxygen atoms in total. The molecule has 0 unspecified atom stereocenters. The molecule has 1 fully saturated rings. The molecule has 5 heteroatoms. The molecule has 1 aliphatic rings. The van der Waals surface area contributed by atoms with Gasteiger partial charge in [0.1, 0.15) is 5.75 Å². The summed E-state index contributed by atoms with van der Waals surface area (Å²) in [6.07, 6.45) is 6.57. The van der Waals surface area contributed by atoms with Crippen LogP contribution in [0.3, 0.4) is 0 Å². The Morgan fingerprint density at radius 1 is 1.27 bits per heavy atom. The Kier molecular flexibility index (Phi) is 7.98. The van der Waals surface area contributed by atoms with Crippen molar-refractivity contribution in [1.82, 2.24) is 0 Å². The standard InChI is InChI=1S/C21H29ClO4/c1-14-8-7-9-15(2)21(14)26-13-17-16(18(22)12-19(17)23)10-5-3-4-6-11-20(24)25/h3,5,7-9,16-19,23H,4,6,10-13H2,1-2H3,(H,24,25)/b5-3-/t16-,17-,18+,19-/m1/s1. The molecule has 2 rings (SSSR count). The summed E-state index contributed by atoms with van der Waals surface area (Å²) in [4.78, 5) is 10.5. The van der Waals surface area contributed by atoms with E-state index in [4.69, 9.17) is 21.4 Å². The maximum atomic E-state index is 10.5. The van der Waals surface area contributed by atoms with Crippen LogP contribution in [0.15, 0.2) is 30.4 Å². The Morgan fingerprint density at radius 2 is 1.96 bits per heavy atom. The van der Waals surface area contributed by atoms with E-state index in [1.807, 2.05) is 38.1 Å². The van der Waals surface area contributed by atoms with Gasteiger partial charge in [0.2, 0.25) is 0 Å². The van der Waals surface area contributed by atoms with Crippen molar-refractivity contribution in [3.63, 3.8) is 0 Å². The summed E-state index contributed by atoms with van der Waals surface area (Å²) in [7, 11) is 0. The van der Waals surface area contributed by atoms with Crippen molar-refractivity contribution in [2.24, 2.45) is 11.8 Å². The molecule has 0 aromatic heterocycles. The highest BCUT2D eigenvalue weighted by atomic mass is 35.5. The van der Waals surface area contributed by atoms with E-state index >= 15 is 0 Å². The summed E-state index contributed by atoms with van der Waals surface area (Å²) in [5.74, 6) is 0.287. The summed E-state index contributed by atoms with van der Waals surface area (Å²) >= 11 is 6.47. The molecule has 144 valence electrons. The van der Waals surface area contributed by atoms with E-state index in [0.29, 0.717) is 19.4 Å². The Balaban J connectivity index is 1.90. The molecule has 0 bridgehead atoms. The SMILES string of the molecule is Cc1cccc(C)c1OC[C@@H]1[C@@H](C/C=C\CCCC(=O)O)[C@@H](Cl)C[C@H]1O. The zero-order chi connectivity index (χ0) is 19.1. The lowest BCUT2D eigenvalue weighted by Gasteiger charge is -2.23. The van der Waals surface area contributed by atoms with Crippen molar-refractivity contribution in [3.05, 3.63) is 41.5 Å². The van der Waals surface area contributed by atoms with Crippen molar-refractivity contribution in [1.29, 1.82) is 0 Å². The maximum absolute atomic E-state index is 10.5. The number of carboxylic acid groups (broad SMARTS) is 1. The lowest BCUT2D eigenvalue weighted by molar-refractivity contribution is -0.137. The van der Waals surface area contributed by atoms with Gasteiger partial charge in [0.05, 0.1) is 12.7 Å². The van der Waals surface area contributed by atoms with Crippen LogP contribution in [0.25, 0.3) is 0 Å². The number of aliphatic carboxylic acids is 1. The van der Waals surface area contributed by atoms with Gasteiger partial charge in [-0.05, 0) is 56.6 Å². The number of para-hydroxylation sites is 1. The number of hydrogen-bond acceptors (Lipinski definition) is 3. The zero-order valence-corrected chi connectivity index (χ0v) is 16.3. The number of aryl methyl sites for hydroxylation is 2. The summed E-state index contributed by atoms with van der Waals surface area (Å²) in [5.41, 5.74) is 2.18. The van der Waals surface area contributed by atoms with E-state index in [0.717, 1.165) is 29.7 Å². The van der Waals surface area contributed by atoms with Crippen molar-refractivity contribution in [2.75, 3.05) is 6.61 Å². The molecule has 2 N–H and O–H groups in total. The highest BCUT2D eigenvalue weighted by molar-refractivity contribution is 6.21. The van der Waals surface area contributed by atoms with Gasteiger partial charge in [-0.1, -0.05) is 30.4 Å². The highest BCUT2D eigenvalue weighted by Gasteiger charge is 2.41. The fraction of sp³-hybridized carbons (Fsp3) is 0.571. The molecule has 4 atom stereocenters. The van der Waals surface area contributed by atoms with Gasteiger partial charge in [0, 0.05) is 17.7 Å². The fourth-order valence-electron chi connectivity index (χ4n) is 3.64. The minimum Gasteiger partial charge on any atom is -0.493 e. The van der Waals surface area contributed by atoms with Gasteiger partial charge in [-0.2, -0.15) is 0 Å². The summed E-state index contributed by atoms with van der Waals surface area (Å²) in [5, 5.41) is 19.0. The Morgan fingerprint density at radius 3 is 2.62 bits per heavy atom. The van der Waals surface area contributed by atoms with Gasteiger partial charge in [0.25, 0.3) is 0 Å². The third-order valence-corrected chi connectivity index (χ3v) is 5.64. The molecule has 0 heterocycles. The number of alkyl halides is 1. The second-order valence-corrected chi connectivity index (χ2v) is 7.73. The minimum absolute atomic E-state index is 0.000163. The highest BCUT2D eigenvalue weighted by Crippen LogP contribution is 2.39. The molecule has 0 spiro atoms. The molecule has 0 amide bonds. The summed E-state index contributed by atoms with van der Waals surface area (Å²) in [6, 6.07) is 6.05. The first-order valence-electron chi connectivity index (χ1n) is 9.28. The number of rotatable bonds is 9. The normalized spacial score (nSPS) is 25.7. The van der Waals surface area contributed by atoms with Gasteiger partial charge in [-0.15, -0.1) is 11.6 Å². The van der Waals surface area contributed by atoms with Crippen LogP contribution in [0, 0.1) is 25.7 Å². The number of allylic oxidation sites excluding steroid dienone is 2. The number of aliphatic hydroxyl groups excluding tert-OH is 1. The van der Waals surface area contributed by atoms with Crippen LogP contribution >= 0.6 is 11.6 Å². The smallest absolute Gasteiger partial charge is 0.303 e. The third kappa shape index (κ3) is 5.75. The van der Waals surface area contributed by atoms with Crippen LogP contribution in [0.4, 0.5) is 0 Å². The molecule has 1 aromatic rings. The van der Waals surface area contributed by atoms with Crippen LogP contribution in [-0.2, 0) is 4.79 Å². The van der Waals surface area contributed by atoms with E-state index in [-0.39, 0.29) is 23.6 Å². The van der Waals surface area contributed by atoms with Gasteiger partial charge in [-0.25, -0.2) is 0 Å². The third-order valence-electron chi connectivity index (χ3n) is 5.14. The number of benzene rings is 1. The summed E-state index contributed by atoms with van der Waals surface area (Å²) in [6.45, 7) is 4.50. The monoisotopic (exact) mass is 380 g/mol. The molecule has 0 radical (unpaired) electrons. The number of carboxylic acids is 1. The molecule has 0 aliphatic heterocycles. The van der Waals surface area contributed by atoms with Crippen molar-refractivity contribution in [3.8, 4) is 5.75 Å². The molecule has 1 aromatic carbocycles. The number of hydrogen-bond donors (Lipinski definition) is 2. The topological polar surface area (TPSA) is 66.8 Å². The first-order chi connectivity index (χ1) is 12.4. The minimum atomic E-state index is -0.762. The molecule has 0 saturated heterocycles. The van der Waals surface area contributed by atoms with Crippen molar-refractivity contribution < 1.29 is 19.7 Å². The Labute approximate surface area is 160 Å². The van der Waals surface area contributed by atoms with Gasteiger partial charge in [0.15, 0.2) is 0 Å². The molecule has 1 saturated carbocycles. The number of unbranched alkanes of at least 4 members (excludes halogenated alkanes) is 1. The average molecular weight is 381 g/mol. The fourth-order valence-corrected chi connectivity index (χ4v) is 4.11. The van der Waals surface area contributed by atoms with Crippen LogP contribution < -0.4 is 4.74 Å². The largest absolute Gasteiger partial charge is 0.493 e. The lowest BCUT2D eigenvalue weighted by Crippen LogP contribution is -2.27. The van der Waals surface area contributed by atoms with E-state index in [1.165, 1.54) is 0 Å². The average Bonchev–Trinajstić information content (AvgIpc) is 2.83. The Bertz CT molecular complexity index is 608. The molecular formula is C21H29ClO4. The van der Waals surface area contributed by atoms with E-state index in [1.54, 1.807) is 0 Å². The first kappa shape index (κ1) is 20.8. The second-order valence-electron chi connectivity index (χ2n) is 7.17. The van der Waals surface area contributed by atoms with Gasteiger partial charge in [-0.3, -0.25) is 4.79 Å². The predicted molar refractivity (Wildman–Crippen MR) is 104 cm³/mol. The second kappa shape index (κ2) is 9.98. The van der Waals surface area contributed by atoms with Gasteiger partial charge >= 0.3 is 5.97 Å². The van der Waals surface area contributed by atoms with Crippen LogP contribution in [0.5, 0.6) is 5.75 Å². The molecule has 26 heavy (non-hydrogen) atoms. The number of carbonyl (C=O) groups is 1. The van der Waals surface area contributed by atoms with Crippen LogP contribution in [-0.4, -0.2) is 34.3 Å². The molecular weight excluding hydrogens is 352 g/mol. The lowest BCUT2D eigenvalue weighted by atomic mass is 9.92. The van der Waals surface area contributed by atoms with Gasteiger partial charge < -0.3 is 14.9 Å². The van der Waals surface area contributed by atoms with E-state index in [2.05, 4.69) is 6.08 Å². The number of aliphatic hydroxyl groups is 1. The van der Waals surface area contributed by atoms with Crippen LogP contribution in [0.2, 0.25) is 0 Å². The van der Waals surface area contributed by atoms with E-state index < -0.39 is 12.1 Å². The molecule has 1 aliphatic carbocycles. The first-order valence-corrected chi connectivity index (χ1v) is 9.71. The zero-order valence-electron chi connectivity index (χ0n) is 15.5. The maximum Gasteiger partial charge on any atom is 0.303 e. The number of halogens is 1. The predicted octanol–water partition coefficient (Wildman–Crippen LogP) is 4.49. The van der Waals surface area contributed by atoms with Crippen molar-refractivity contribution in [2.45, 2.75) is 57.4 Å². The summed E-state index contributed by atoms with van der Waals surface area (Å²) < 4.78 is 6.06. The Hall–Kier alpha value is -1.52. The van der Waals surface area contributed by atoms with Crippen LogP contribution in [0.1, 0.15) is 43.2 Å². The van der Waals surface area contributed by atoms with E-state index in [9.17, 15) is 9.90 Å². The quantitative estimate of drug-likeness (QED) is 0.376. The van der Waals surface area contributed by atoms with Crippen molar-refractivity contribution >= 4 is 17.6 Å². The number of ether oxygens (including phenoxy) is 1.